The maximum absolute atomic E-state index is 13.4. The van der Waals surface area contributed by atoms with Gasteiger partial charge in [0.25, 0.3) is 5.88 Å². The maximum atomic E-state index is 13.4. The Morgan fingerprint density at radius 3 is 2.78 bits per heavy atom. The van der Waals surface area contributed by atoms with Gasteiger partial charge in [-0.25, -0.2) is 4.98 Å². The van der Waals surface area contributed by atoms with Crippen LogP contribution in [-0.2, 0) is 9.53 Å². The Morgan fingerprint density at radius 2 is 2.17 bits per heavy atom. The normalized spacial score (nSPS) is 17.0. The van der Waals surface area contributed by atoms with E-state index in [9.17, 15) is 9.18 Å². The summed E-state index contributed by atoms with van der Waals surface area (Å²) in [5.74, 6) is -0.213. The van der Waals surface area contributed by atoms with Crippen molar-refractivity contribution in [3.05, 3.63) is 12.0 Å². The van der Waals surface area contributed by atoms with Crippen molar-refractivity contribution in [3.8, 4) is 5.88 Å². The number of carbonyl (C=O) groups excluding carboxylic acids is 1. The van der Waals surface area contributed by atoms with Crippen LogP contribution >= 0.6 is 0 Å². The number of halogens is 1. The average Bonchev–Trinajstić information content (AvgIpc) is 2.55. The van der Waals surface area contributed by atoms with E-state index >= 15 is 0 Å². The fourth-order valence-electron chi connectivity index (χ4n) is 2.63. The first-order valence-corrected chi connectivity index (χ1v) is 7.66. The number of piperidine rings is 1. The molecule has 1 aromatic heterocycles. The highest BCUT2D eigenvalue weighted by molar-refractivity contribution is 5.79. The molecule has 0 radical (unpaired) electrons. The molecular weight excluding hydrogens is 303 g/mol. The van der Waals surface area contributed by atoms with E-state index in [4.69, 9.17) is 9.47 Å². The Labute approximate surface area is 135 Å². The molecular formula is C15H23FN4O3. The summed E-state index contributed by atoms with van der Waals surface area (Å²) in [6.45, 7) is 3.69. The Kier molecular flexibility index (Phi) is 6.09. The van der Waals surface area contributed by atoms with E-state index in [1.54, 1.807) is 7.11 Å². The largest absolute Gasteiger partial charge is 0.479 e. The van der Waals surface area contributed by atoms with Gasteiger partial charge in [-0.1, -0.05) is 0 Å². The van der Waals surface area contributed by atoms with Gasteiger partial charge in [0.1, 0.15) is 0 Å². The summed E-state index contributed by atoms with van der Waals surface area (Å²) in [7, 11) is 2.98. The Hall–Kier alpha value is -1.96. The summed E-state index contributed by atoms with van der Waals surface area (Å²) in [6.07, 6.45) is 2.51. The Bertz CT molecular complexity index is 535. The van der Waals surface area contributed by atoms with E-state index < -0.39 is 5.82 Å². The third-order valence-corrected chi connectivity index (χ3v) is 3.85. The van der Waals surface area contributed by atoms with E-state index in [2.05, 4.69) is 15.3 Å². The van der Waals surface area contributed by atoms with Crippen molar-refractivity contribution >= 4 is 11.9 Å². The van der Waals surface area contributed by atoms with Crippen LogP contribution in [0.3, 0.4) is 0 Å². The zero-order valence-electron chi connectivity index (χ0n) is 13.7. The first-order chi connectivity index (χ1) is 11.0. The highest BCUT2D eigenvalue weighted by atomic mass is 19.1. The standard InChI is InChI=1S/C15H23FN4O3/c1-10(9-22-2)18-13(21)11-4-6-20(7-5-11)15-17-8-12(16)14(19-15)23-3/h8,10-11H,4-7,9H2,1-3H3,(H,18,21). The fraction of sp³-hybridized carbons (Fsp3) is 0.667. The number of rotatable bonds is 6. The highest BCUT2D eigenvalue weighted by Crippen LogP contribution is 2.23. The van der Waals surface area contributed by atoms with Crippen molar-refractivity contribution in [2.24, 2.45) is 5.92 Å². The molecule has 128 valence electrons. The lowest BCUT2D eigenvalue weighted by Gasteiger charge is -2.31. The lowest BCUT2D eigenvalue weighted by Crippen LogP contribution is -2.44. The summed E-state index contributed by atoms with van der Waals surface area (Å²) in [6, 6.07) is -0.00442. The quantitative estimate of drug-likeness (QED) is 0.840. The van der Waals surface area contributed by atoms with Crippen LogP contribution in [0, 0.1) is 11.7 Å². The van der Waals surface area contributed by atoms with Crippen molar-refractivity contribution in [3.63, 3.8) is 0 Å². The molecule has 0 aromatic carbocycles. The molecule has 2 heterocycles. The third kappa shape index (κ3) is 4.51. The molecule has 1 fully saturated rings. The van der Waals surface area contributed by atoms with Gasteiger partial charge >= 0.3 is 0 Å². The number of methoxy groups -OCH3 is 2. The summed E-state index contributed by atoms with van der Waals surface area (Å²) < 4.78 is 23.2. The molecule has 1 N–H and O–H groups in total. The molecule has 0 spiro atoms. The first-order valence-electron chi connectivity index (χ1n) is 7.66. The minimum absolute atomic E-state index is 0.00442. The molecule has 1 aliphatic heterocycles. The number of aromatic nitrogens is 2. The maximum Gasteiger partial charge on any atom is 0.255 e. The molecule has 1 atom stereocenters. The minimum atomic E-state index is -0.586. The molecule has 1 saturated heterocycles. The molecule has 23 heavy (non-hydrogen) atoms. The highest BCUT2D eigenvalue weighted by Gasteiger charge is 2.27. The van der Waals surface area contributed by atoms with Crippen molar-refractivity contribution < 1.29 is 18.7 Å². The van der Waals surface area contributed by atoms with Crippen molar-refractivity contribution in [2.45, 2.75) is 25.8 Å². The van der Waals surface area contributed by atoms with Crippen LogP contribution in [0.15, 0.2) is 6.20 Å². The Balaban J connectivity index is 1.89. The third-order valence-electron chi connectivity index (χ3n) is 3.85. The van der Waals surface area contributed by atoms with Gasteiger partial charge in [-0.15, -0.1) is 0 Å². The summed E-state index contributed by atoms with van der Waals surface area (Å²) in [4.78, 5) is 22.2. The van der Waals surface area contributed by atoms with Gasteiger partial charge in [0.2, 0.25) is 17.7 Å². The van der Waals surface area contributed by atoms with Crippen molar-refractivity contribution in [1.82, 2.24) is 15.3 Å². The van der Waals surface area contributed by atoms with Crippen LogP contribution in [0.5, 0.6) is 5.88 Å². The number of nitrogens with zero attached hydrogens (tertiary/aromatic N) is 3. The lowest BCUT2D eigenvalue weighted by molar-refractivity contribution is -0.126. The van der Waals surface area contributed by atoms with Gasteiger partial charge < -0.3 is 19.7 Å². The van der Waals surface area contributed by atoms with Crippen molar-refractivity contribution in [2.75, 3.05) is 38.8 Å². The number of amides is 1. The van der Waals surface area contributed by atoms with Gasteiger partial charge in [-0.2, -0.15) is 9.37 Å². The molecule has 1 unspecified atom stereocenters. The van der Waals surface area contributed by atoms with Crippen LogP contribution in [0.1, 0.15) is 19.8 Å². The minimum Gasteiger partial charge on any atom is -0.479 e. The van der Waals surface area contributed by atoms with E-state index in [0.29, 0.717) is 38.5 Å². The smallest absolute Gasteiger partial charge is 0.255 e. The lowest BCUT2D eigenvalue weighted by atomic mass is 9.96. The number of carbonyl (C=O) groups is 1. The number of hydrogen-bond acceptors (Lipinski definition) is 6. The number of hydrogen-bond donors (Lipinski definition) is 1. The van der Waals surface area contributed by atoms with Crippen LogP contribution in [0.4, 0.5) is 10.3 Å². The molecule has 1 aliphatic rings. The summed E-state index contributed by atoms with van der Waals surface area (Å²) in [5, 5.41) is 2.95. The topological polar surface area (TPSA) is 76.6 Å². The second-order valence-electron chi connectivity index (χ2n) is 5.65. The molecule has 7 nitrogen and oxygen atoms in total. The first kappa shape index (κ1) is 17.4. The van der Waals surface area contributed by atoms with E-state index in [1.807, 2.05) is 11.8 Å². The van der Waals surface area contributed by atoms with Crippen LogP contribution in [-0.4, -0.2) is 55.8 Å². The van der Waals surface area contributed by atoms with Crippen LogP contribution in [0.2, 0.25) is 0 Å². The predicted octanol–water partition coefficient (Wildman–Crippen LogP) is 0.992. The van der Waals surface area contributed by atoms with Crippen LogP contribution in [0.25, 0.3) is 0 Å². The zero-order valence-corrected chi connectivity index (χ0v) is 13.7. The SMILES string of the molecule is COCC(C)NC(=O)C1CCN(c2ncc(F)c(OC)n2)CC1. The molecule has 8 heteroatoms. The molecule has 1 amide bonds. The predicted molar refractivity (Wildman–Crippen MR) is 83.0 cm³/mol. The summed E-state index contributed by atoms with van der Waals surface area (Å²) in [5.41, 5.74) is 0. The van der Waals surface area contributed by atoms with Crippen molar-refractivity contribution in [1.29, 1.82) is 0 Å². The summed E-state index contributed by atoms with van der Waals surface area (Å²) >= 11 is 0. The zero-order chi connectivity index (χ0) is 16.8. The fourth-order valence-corrected chi connectivity index (χ4v) is 2.63. The van der Waals surface area contributed by atoms with Gasteiger partial charge in [0, 0.05) is 32.2 Å². The molecule has 0 saturated carbocycles. The van der Waals surface area contributed by atoms with Crippen LogP contribution < -0.4 is 15.0 Å². The molecule has 0 aliphatic carbocycles. The van der Waals surface area contributed by atoms with E-state index in [1.165, 1.54) is 7.11 Å². The van der Waals surface area contributed by atoms with Gasteiger partial charge in [0.05, 0.1) is 19.9 Å². The second-order valence-corrected chi connectivity index (χ2v) is 5.65. The monoisotopic (exact) mass is 326 g/mol. The number of ether oxygens (including phenoxy) is 2. The Morgan fingerprint density at radius 1 is 1.48 bits per heavy atom. The molecule has 2 rings (SSSR count). The number of anilines is 1. The van der Waals surface area contributed by atoms with Gasteiger partial charge in [-0.3, -0.25) is 4.79 Å². The number of nitrogens with one attached hydrogen (secondary N) is 1. The molecule has 1 aromatic rings. The van der Waals surface area contributed by atoms with Gasteiger partial charge in [0.15, 0.2) is 0 Å². The second kappa shape index (κ2) is 8.05. The van der Waals surface area contributed by atoms with E-state index in [0.717, 1.165) is 6.20 Å². The average molecular weight is 326 g/mol. The van der Waals surface area contributed by atoms with E-state index in [-0.39, 0.29) is 23.7 Å². The molecule has 0 bridgehead atoms. The van der Waals surface area contributed by atoms with Gasteiger partial charge in [-0.05, 0) is 19.8 Å².